The van der Waals surface area contributed by atoms with Crippen LogP contribution in [0.25, 0.3) is 32.2 Å². The molecule has 17 nitrogen and oxygen atoms in total. The molecule has 3 N–H and O–H groups in total. The van der Waals surface area contributed by atoms with Crippen LogP contribution in [0.1, 0.15) is 108 Å². The number of aromatic nitrogens is 4. The Hall–Kier alpha value is -7.70. The molecule has 7 aromatic rings. The lowest BCUT2D eigenvalue weighted by Gasteiger charge is -2.51. The van der Waals surface area contributed by atoms with Gasteiger partial charge in [-0.2, -0.15) is 5.10 Å². The number of nitrogens with one attached hydrogen (secondary N) is 3. The van der Waals surface area contributed by atoms with Crippen molar-refractivity contribution in [2.24, 2.45) is 12.5 Å². The van der Waals surface area contributed by atoms with Crippen LogP contribution in [0.15, 0.2) is 84.9 Å². The normalized spacial score (nSPS) is 17.8. The lowest BCUT2D eigenvalue weighted by atomic mass is 9.61. The third kappa shape index (κ3) is 9.98. The Kier molecular flexibility index (Phi) is 13.3. The molecule has 1 spiro atoms. The minimum atomic E-state index is -0.761. The van der Waals surface area contributed by atoms with E-state index in [4.69, 9.17) is 19.2 Å². The van der Waals surface area contributed by atoms with Crippen molar-refractivity contribution in [2.45, 2.75) is 96.8 Å². The number of hydrogen-bond acceptors (Lipinski definition) is 14. The fourth-order valence-corrected chi connectivity index (χ4v) is 12.3. The number of rotatable bonds is 12. The van der Waals surface area contributed by atoms with Gasteiger partial charge in [0.25, 0.3) is 5.91 Å². The van der Waals surface area contributed by atoms with Gasteiger partial charge in [-0.1, -0.05) is 47.7 Å². The van der Waals surface area contributed by atoms with E-state index in [1.54, 1.807) is 24.9 Å². The maximum Gasteiger partial charge on any atom is 0.358 e. The minimum absolute atomic E-state index is 0.0228. The molecule has 4 aromatic carbocycles. The fraction of sp³-hybridized carbons (Fsp3) is 0.379. The second-order valence-electron chi connectivity index (χ2n) is 21.6. The number of esters is 1. The number of likely N-dealkylation sites (tertiary alicyclic amines) is 1. The van der Waals surface area contributed by atoms with Crippen LogP contribution in [0.3, 0.4) is 0 Å². The Morgan fingerprint density at radius 3 is 2.43 bits per heavy atom. The average molecular weight is 1040 g/mol. The molecule has 1 saturated carbocycles. The Labute approximate surface area is 444 Å². The lowest BCUT2D eigenvalue weighted by Crippen LogP contribution is -2.51. The van der Waals surface area contributed by atoms with E-state index >= 15 is 0 Å². The summed E-state index contributed by atoms with van der Waals surface area (Å²) in [5.41, 5.74) is 7.11. The van der Waals surface area contributed by atoms with Gasteiger partial charge in [0, 0.05) is 43.1 Å². The smallest absolute Gasteiger partial charge is 0.358 e. The van der Waals surface area contributed by atoms with E-state index in [0.29, 0.717) is 70.7 Å². The standard InChI is InChI=1S/C58H61N9O8S/c1-33-36(37-18-21-46(61-50(37)55(72)75-57(2,3)4)67-26-23-34-11-9-13-38(41(34)31-67)53(70)63-56-60-42-14-7-8-16-45(42)76-56)12-10-15-44(33)74-35-29-58(30-35)24-27-66(28-25-58)32-48(69)59-43-20-17-39-49(40-19-22-47(68)62-54(40)71)64-65(5)51(39)52(43)73-6/h7-18,20-21,35,40H,19,22-32H2,1-6H3,(H,59,69)(H,60,63,70)(H,62,68,71). The van der Waals surface area contributed by atoms with E-state index in [2.05, 4.69) is 41.9 Å². The number of nitrogens with zero attached hydrogens (tertiary/aromatic N) is 6. The summed E-state index contributed by atoms with van der Waals surface area (Å²) in [4.78, 5) is 79.9. The quantitative estimate of drug-likeness (QED) is 0.0774. The molecule has 6 heterocycles. The van der Waals surface area contributed by atoms with E-state index in [1.807, 2.05) is 100 Å². The summed E-state index contributed by atoms with van der Waals surface area (Å²) in [6.45, 7) is 10.4. The molecule has 4 amide bonds. The van der Waals surface area contributed by atoms with Crippen molar-refractivity contribution in [3.63, 3.8) is 0 Å². The molecule has 11 rings (SSSR count). The Balaban J connectivity index is 0.734. The number of imide groups is 1. The molecule has 3 aromatic heterocycles. The Morgan fingerprint density at radius 2 is 1.67 bits per heavy atom. The van der Waals surface area contributed by atoms with Gasteiger partial charge >= 0.3 is 5.97 Å². The first kappa shape index (κ1) is 50.5. The number of hydrogen-bond donors (Lipinski definition) is 3. The van der Waals surface area contributed by atoms with Crippen molar-refractivity contribution < 1.29 is 38.2 Å². The summed E-state index contributed by atoms with van der Waals surface area (Å²) in [7, 11) is 3.32. The van der Waals surface area contributed by atoms with Crippen LogP contribution in [0.5, 0.6) is 11.5 Å². The Bertz CT molecular complexity index is 3440. The summed E-state index contributed by atoms with van der Waals surface area (Å²) in [6, 6.07) is 27.1. The van der Waals surface area contributed by atoms with E-state index < -0.39 is 17.5 Å². The zero-order valence-electron chi connectivity index (χ0n) is 43.6. The highest BCUT2D eigenvalue weighted by Gasteiger charge is 2.47. The number of thiazole rings is 1. The SMILES string of the molecule is COc1c(NC(=O)CN2CCC3(CC2)CC(Oc2cccc(-c4ccc(N5CCc6cccc(C(=O)Nc7nc8ccccc8s7)c6C5)nc4C(=O)OC(C)(C)C)c2C)C3)ccc2c(C3CCC(=O)NC3=O)nn(C)c12. The summed E-state index contributed by atoms with van der Waals surface area (Å²) >= 11 is 1.44. The van der Waals surface area contributed by atoms with Gasteiger partial charge in [0.05, 0.1) is 47.3 Å². The zero-order chi connectivity index (χ0) is 53.0. The van der Waals surface area contributed by atoms with Crippen LogP contribution in [-0.4, -0.2) is 99.2 Å². The molecule has 3 fully saturated rings. The molecule has 3 aliphatic heterocycles. The predicted molar refractivity (Wildman–Crippen MR) is 291 cm³/mol. The van der Waals surface area contributed by atoms with Gasteiger partial charge < -0.3 is 24.4 Å². The number of pyridine rings is 1. The van der Waals surface area contributed by atoms with Crippen molar-refractivity contribution in [3.8, 4) is 22.6 Å². The van der Waals surface area contributed by atoms with Crippen molar-refractivity contribution in [1.29, 1.82) is 0 Å². The van der Waals surface area contributed by atoms with Gasteiger partial charge in [-0.15, -0.1) is 0 Å². The van der Waals surface area contributed by atoms with E-state index in [-0.39, 0.29) is 53.8 Å². The van der Waals surface area contributed by atoms with Crippen LogP contribution in [0.2, 0.25) is 0 Å². The number of amides is 4. The first-order chi connectivity index (χ1) is 36.5. The fourth-order valence-electron chi connectivity index (χ4n) is 11.5. The Morgan fingerprint density at radius 1 is 0.882 bits per heavy atom. The number of para-hydroxylation sites is 1. The number of benzene rings is 4. The van der Waals surface area contributed by atoms with E-state index in [0.717, 1.165) is 82.4 Å². The maximum absolute atomic E-state index is 14.1. The average Bonchev–Trinajstić information content (AvgIpc) is 4.01. The third-order valence-corrected chi connectivity index (χ3v) is 16.3. The van der Waals surface area contributed by atoms with E-state index in [1.165, 1.54) is 11.3 Å². The molecule has 1 unspecified atom stereocenters. The maximum atomic E-state index is 14.1. The molecule has 0 radical (unpaired) electrons. The van der Waals surface area contributed by atoms with Crippen molar-refractivity contribution in [2.75, 3.05) is 48.8 Å². The first-order valence-corrected chi connectivity index (χ1v) is 26.8. The van der Waals surface area contributed by atoms with Crippen molar-refractivity contribution in [1.82, 2.24) is 30.0 Å². The van der Waals surface area contributed by atoms with Gasteiger partial charge in [-0.3, -0.25) is 39.4 Å². The van der Waals surface area contributed by atoms with Gasteiger partial charge in [-0.05, 0) is 156 Å². The molecular formula is C58H61N9O8S. The summed E-state index contributed by atoms with van der Waals surface area (Å²) < 4.78 is 21.2. The number of fused-ring (bicyclic) bond motifs is 3. The lowest BCUT2D eigenvalue weighted by molar-refractivity contribution is -0.134. The van der Waals surface area contributed by atoms with Crippen LogP contribution in [0.4, 0.5) is 16.6 Å². The number of piperidine rings is 2. The van der Waals surface area contributed by atoms with Crippen LogP contribution in [-0.2, 0) is 39.1 Å². The van der Waals surface area contributed by atoms with Gasteiger partial charge in [0.2, 0.25) is 17.7 Å². The molecule has 4 aliphatic rings. The summed E-state index contributed by atoms with van der Waals surface area (Å²) in [5, 5.41) is 14.4. The summed E-state index contributed by atoms with van der Waals surface area (Å²) in [5.74, 6) is -0.288. The largest absolute Gasteiger partial charge is 0.492 e. The predicted octanol–water partition coefficient (Wildman–Crippen LogP) is 9.11. The van der Waals surface area contributed by atoms with E-state index in [9.17, 15) is 24.0 Å². The highest BCUT2D eigenvalue weighted by atomic mass is 32.1. The van der Waals surface area contributed by atoms with Gasteiger partial charge in [-0.25, -0.2) is 14.8 Å². The van der Waals surface area contributed by atoms with Crippen LogP contribution < -0.4 is 30.3 Å². The molecule has 2 saturated heterocycles. The highest BCUT2D eigenvalue weighted by molar-refractivity contribution is 7.22. The molecule has 1 aliphatic carbocycles. The number of methoxy groups -OCH3 is 1. The second kappa shape index (κ2) is 20.1. The van der Waals surface area contributed by atoms with Crippen molar-refractivity contribution >= 4 is 78.7 Å². The zero-order valence-corrected chi connectivity index (χ0v) is 44.4. The van der Waals surface area contributed by atoms with Crippen LogP contribution in [0, 0.1) is 12.3 Å². The third-order valence-electron chi connectivity index (χ3n) is 15.3. The van der Waals surface area contributed by atoms with Crippen molar-refractivity contribution in [3.05, 3.63) is 119 Å². The molecule has 76 heavy (non-hydrogen) atoms. The molecule has 0 bridgehead atoms. The van der Waals surface area contributed by atoms with Gasteiger partial charge in [0.1, 0.15) is 22.7 Å². The monoisotopic (exact) mass is 1040 g/mol. The molecule has 18 heteroatoms. The van der Waals surface area contributed by atoms with Crippen LogP contribution >= 0.6 is 11.3 Å². The molecular weight excluding hydrogens is 983 g/mol. The number of anilines is 3. The first-order valence-electron chi connectivity index (χ1n) is 26.0. The van der Waals surface area contributed by atoms with Gasteiger partial charge in [0.15, 0.2) is 16.6 Å². The summed E-state index contributed by atoms with van der Waals surface area (Å²) in [6.07, 6.45) is 5.05. The number of carbonyl (C=O) groups is 5. The number of ether oxygens (including phenoxy) is 3. The number of aryl methyl sites for hydroxylation is 1. The minimum Gasteiger partial charge on any atom is -0.492 e. The molecule has 392 valence electrons. The highest BCUT2D eigenvalue weighted by Crippen LogP contribution is 2.51. The molecule has 1 atom stereocenters. The topological polar surface area (TPSA) is 199 Å². The second-order valence-corrected chi connectivity index (χ2v) is 22.6. The number of carbonyl (C=O) groups excluding carboxylic acids is 5.